The quantitative estimate of drug-likeness (QED) is 0.335. The molecule has 0 bridgehead atoms. The van der Waals surface area contributed by atoms with E-state index in [0.717, 1.165) is 16.7 Å². The van der Waals surface area contributed by atoms with Gasteiger partial charge in [-0.3, -0.25) is 9.69 Å². The van der Waals surface area contributed by atoms with Gasteiger partial charge >= 0.3 is 12.1 Å². The third-order valence-electron chi connectivity index (χ3n) is 6.38. The van der Waals surface area contributed by atoms with E-state index in [0.29, 0.717) is 16.8 Å². The van der Waals surface area contributed by atoms with Crippen LogP contribution < -0.4 is 4.90 Å². The molecule has 184 valence electrons. The number of carboxylic acids is 1. The average molecular weight is 498 g/mol. The Morgan fingerprint density at radius 2 is 1.58 bits per heavy atom. The lowest BCUT2D eigenvalue weighted by molar-refractivity contribution is -0.136. The SMILES string of the molecule is Cc1c(CC(=O)O)cc(C#C[Si](C)(C)C)cc1N(C)C(=O)OCC1c2ccccc2-c2ccccc21. The smallest absolute Gasteiger partial charge is 0.414 e. The predicted molar refractivity (Wildman–Crippen MR) is 146 cm³/mol. The number of ether oxygens (including phenoxy) is 1. The van der Waals surface area contributed by atoms with Gasteiger partial charge in [0.1, 0.15) is 14.7 Å². The second-order valence-electron chi connectivity index (χ2n) is 10.2. The molecule has 1 N–H and O–H groups in total. The highest BCUT2D eigenvalue weighted by atomic mass is 28.3. The Labute approximate surface area is 213 Å². The molecule has 1 amide bonds. The lowest BCUT2D eigenvalue weighted by atomic mass is 9.98. The molecular formula is C30H31NO4Si. The molecule has 0 atom stereocenters. The summed E-state index contributed by atoms with van der Waals surface area (Å²) in [6.07, 6.45) is -0.628. The molecule has 0 fully saturated rings. The van der Waals surface area contributed by atoms with Crippen LogP contribution in [-0.2, 0) is 16.0 Å². The minimum absolute atomic E-state index is 0.0348. The van der Waals surface area contributed by atoms with Crippen molar-refractivity contribution in [1.29, 1.82) is 0 Å². The van der Waals surface area contributed by atoms with Crippen LogP contribution in [0.4, 0.5) is 10.5 Å². The normalized spacial score (nSPS) is 12.2. The summed E-state index contributed by atoms with van der Waals surface area (Å²) < 4.78 is 5.83. The van der Waals surface area contributed by atoms with Crippen LogP contribution in [0.1, 0.15) is 33.7 Å². The highest BCUT2D eigenvalue weighted by molar-refractivity contribution is 6.83. The average Bonchev–Trinajstić information content (AvgIpc) is 3.15. The zero-order valence-corrected chi connectivity index (χ0v) is 22.4. The number of amides is 1. The lowest BCUT2D eigenvalue weighted by Gasteiger charge is -2.23. The Kier molecular flexibility index (Phi) is 7.05. The molecule has 0 radical (unpaired) electrons. The monoisotopic (exact) mass is 497 g/mol. The second kappa shape index (κ2) is 10.0. The maximum Gasteiger partial charge on any atom is 0.414 e. The number of benzene rings is 3. The van der Waals surface area contributed by atoms with Crippen molar-refractivity contribution in [2.24, 2.45) is 0 Å². The number of carbonyl (C=O) groups excluding carboxylic acids is 1. The van der Waals surface area contributed by atoms with Gasteiger partial charge < -0.3 is 9.84 Å². The van der Waals surface area contributed by atoms with Gasteiger partial charge in [0.25, 0.3) is 0 Å². The molecule has 0 heterocycles. The summed E-state index contributed by atoms with van der Waals surface area (Å²) in [4.78, 5) is 26.1. The number of nitrogens with zero attached hydrogens (tertiary/aromatic N) is 1. The van der Waals surface area contributed by atoms with E-state index in [1.807, 2.05) is 43.3 Å². The van der Waals surface area contributed by atoms with Gasteiger partial charge in [-0.15, -0.1) is 5.54 Å². The molecule has 3 aromatic carbocycles. The fourth-order valence-electron chi connectivity index (χ4n) is 4.57. The van der Waals surface area contributed by atoms with E-state index in [2.05, 4.69) is 55.4 Å². The second-order valence-corrected chi connectivity index (χ2v) is 15.0. The Morgan fingerprint density at radius 1 is 1.00 bits per heavy atom. The van der Waals surface area contributed by atoms with E-state index >= 15 is 0 Å². The van der Waals surface area contributed by atoms with Crippen LogP contribution in [0.25, 0.3) is 11.1 Å². The molecule has 0 saturated heterocycles. The first kappa shape index (κ1) is 25.3. The van der Waals surface area contributed by atoms with E-state index < -0.39 is 20.1 Å². The zero-order valence-electron chi connectivity index (χ0n) is 21.4. The van der Waals surface area contributed by atoms with Crippen LogP contribution in [0.3, 0.4) is 0 Å². The lowest BCUT2D eigenvalue weighted by Crippen LogP contribution is -2.29. The van der Waals surface area contributed by atoms with Crippen molar-refractivity contribution in [3.63, 3.8) is 0 Å². The molecule has 5 nitrogen and oxygen atoms in total. The molecule has 4 rings (SSSR count). The summed E-state index contributed by atoms with van der Waals surface area (Å²) in [5.74, 6) is 2.24. The maximum atomic E-state index is 13.2. The van der Waals surface area contributed by atoms with Crippen LogP contribution in [0.15, 0.2) is 60.7 Å². The molecule has 3 aromatic rings. The molecule has 36 heavy (non-hydrogen) atoms. The number of fused-ring (bicyclic) bond motifs is 3. The van der Waals surface area contributed by atoms with Crippen molar-refractivity contribution in [3.8, 4) is 22.6 Å². The first-order chi connectivity index (χ1) is 17.0. The van der Waals surface area contributed by atoms with Crippen LogP contribution in [0, 0.1) is 18.4 Å². The number of carbonyl (C=O) groups is 2. The number of anilines is 1. The third-order valence-corrected chi connectivity index (χ3v) is 7.26. The summed E-state index contributed by atoms with van der Waals surface area (Å²) in [7, 11) is 0.0163. The fraction of sp³-hybridized carbons (Fsp3) is 0.267. The first-order valence-electron chi connectivity index (χ1n) is 12.0. The number of hydrogen-bond acceptors (Lipinski definition) is 3. The summed E-state index contributed by atoms with van der Waals surface area (Å²) in [6, 6.07) is 20.1. The molecule has 0 spiro atoms. The summed E-state index contributed by atoms with van der Waals surface area (Å²) in [5, 5.41) is 9.41. The number of aliphatic carboxylic acids is 1. The van der Waals surface area contributed by atoms with Crippen molar-refractivity contribution in [3.05, 3.63) is 88.5 Å². The van der Waals surface area contributed by atoms with E-state index in [4.69, 9.17) is 4.74 Å². The number of carboxylic acid groups (broad SMARTS) is 1. The molecule has 0 aromatic heterocycles. The van der Waals surface area contributed by atoms with Crippen molar-refractivity contribution >= 4 is 25.8 Å². The molecule has 6 heteroatoms. The van der Waals surface area contributed by atoms with Crippen molar-refractivity contribution < 1.29 is 19.4 Å². The molecule has 1 aliphatic rings. The fourth-order valence-corrected chi connectivity index (χ4v) is 5.09. The van der Waals surface area contributed by atoms with E-state index in [1.165, 1.54) is 16.0 Å². The highest BCUT2D eigenvalue weighted by Crippen LogP contribution is 2.44. The number of rotatable bonds is 5. The number of hydrogen-bond donors (Lipinski definition) is 1. The Morgan fingerprint density at radius 3 is 2.14 bits per heavy atom. The standard InChI is InChI=1S/C30H31NO4Si/c1-20-22(18-29(32)33)16-21(14-15-36(3,4)5)17-28(20)31(2)30(34)35-19-27-25-12-8-6-10-23(25)24-11-7-9-13-26(24)27/h6-13,16-17,27H,18-19H2,1-5H3,(H,32,33). The largest absolute Gasteiger partial charge is 0.481 e. The van der Waals surface area contributed by atoms with Crippen molar-refractivity contribution in [2.45, 2.75) is 38.9 Å². The van der Waals surface area contributed by atoms with Gasteiger partial charge in [-0.1, -0.05) is 74.1 Å². The molecule has 0 unspecified atom stereocenters. The van der Waals surface area contributed by atoms with Crippen LogP contribution in [0.2, 0.25) is 19.6 Å². The molecule has 0 aliphatic heterocycles. The van der Waals surface area contributed by atoms with Gasteiger partial charge in [0, 0.05) is 18.5 Å². The Hall–Kier alpha value is -3.82. The summed E-state index contributed by atoms with van der Waals surface area (Å²) >= 11 is 0. The van der Waals surface area contributed by atoms with E-state index in [9.17, 15) is 14.7 Å². The Balaban J connectivity index is 1.60. The van der Waals surface area contributed by atoms with Gasteiger partial charge in [-0.05, 0) is 52.4 Å². The van der Waals surface area contributed by atoms with Gasteiger partial charge in [0.2, 0.25) is 0 Å². The van der Waals surface area contributed by atoms with Crippen LogP contribution in [0.5, 0.6) is 0 Å². The van der Waals surface area contributed by atoms with E-state index in [-0.39, 0.29) is 18.9 Å². The zero-order chi connectivity index (χ0) is 26.0. The highest BCUT2D eigenvalue weighted by Gasteiger charge is 2.29. The first-order valence-corrected chi connectivity index (χ1v) is 15.5. The topological polar surface area (TPSA) is 66.8 Å². The Bertz CT molecular complexity index is 1350. The summed E-state index contributed by atoms with van der Waals surface area (Å²) in [6.45, 7) is 8.49. The minimum atomic E-state index is -1.64. The molecular weight excluding hydrogens is 466 g/mol. The van der Waals surface area contributed by atoms with Crippen molar-refractivity contribution in [1.82, 2.24) is 0 Å². The maximum absolute atomic E-state index is 13.2. The van der Waals surface area contributed by atoms with Crippen LogP contribution in [-0.4, -0.2) is 38.9 Å². The van der Waals surface area contributed by atoms with Gasteiger partial charge in [0.15, 0.2) is 0 Å². The van der Waals surface area contributed by atoms with Crippen LogP contribution >= 0.6 is 0 Å². The predicted octanol–water partition coefficient (Wildman–Crippen LogP) is 6.24. The van der Waals surface area contributed by atoms with Crippen molar-refractivity contribution in [2.75, 3.05) is 18.6 Å². The molecule has 1 aliphatic carbocycles. The third kappa shape index (κ3) is 5.37. The van der Waals surface area contributed by atoms with Gasteiger partial charge in [0.05, 0.1) is 12.1 Å². The summed E-state index contributed by atoms with van der Waals surface area (Å²) in [5.41, 5.74) is 10.6. The van der Waals surface area contributed by atoms with Gasteiger partial charge in [-0.2, -0.15) is 0 Å². The van der Waals surface area contributed by atoms with Gasteiger partial charge in [-0.25, -0.2) is 4.79 Å². The molecule has 0 saturated carbocycles. The van der Waals surface area contributed by atoms with E-state index in [1.54, 1.807) is 7.05 Å². The minimum Gasteiger partial charge on any atom is -0.481 e.